The molecule has 3 rings (SSSR count). The Morgan fingerprint density at radius 1 is 1.45 bits per heavy atom. The Morgan fingerprint density at radius 2 is 2.25 bits per heavy atom. The van der Waals surface area contributed by atoms with Crippen molar-refractivity contribution >= 4 is 5.91 Å². The van der Waals surface area contributed by atoms with Gasteiger partial charge in [0.25, 0.3) is 0 Å². The lowest BCUT2D eigenvalue weighted by Crippen LogP contribution is -2.50. The lowest BCUT2D eigenvalue weighted by Gasteiger charge is -2.37. The highest BCUT2D eigenvalue weighted by molar-refractivity contribution is 5.81. The number of nitrogens with zero attached hydrogens (tertiary/aromatic N) is 1. The lowest BCUT2D eigenvalue weighted by molar-refractivity contribution is -0.134. The number of rotatable bonds is 4. The van der Waals surface area contributed by atoms with Gasteiger partial charge in [-0.1, -0.05) is 6.92 Å². The van der Waals surface area contributed by atoms with Crippen LogP contribution in [0.3, 0.4) is 0 Å². The van der Waals surface area contributed by atoms with E-state index < -0.39 is 0 Å². The third-order valence-corrected chi connectivity index (χ3v) is 4.64. The van der Waals surface area contributed by atoms with E-state index in [0.29, 0.717) is 23.8 Å². The minimum atomic E-state index is 0.345. The van der Waals surface area contributed by atoms with Crippen molar-refractivity contribution in [3.05, 3.63) is 23.7 Å². The van der Waals surface area contributed by atoms with Crippen LogP contribution in [0.25, 0.3) is 0 Å². The van der Waals surface area contributed by atoms with Crippen LogP contribution in [0.1, 0.15) is 37.5 Å². The van der Waals surface area contributed by atoms with Gasteiger partial charge in [0, 0.05) is 25.0 Å². The second-order valence-corrected chi connectivity index (χ2v) is 6.34. The van der Waals surface area contributed by atoms with Crippen molar-refractivity contribution in [3.63, 3.8) is 0 Å². The van der Waals surface area contributed by atoms with Crippen molar-refractivity contribution in [2.45, 2.75) is 45.7 Å². The summed E-state index contributed by atoms with van der Waals surface area (Å²) in [6, 6.07) is 2.47. The smallest absolute Gasteiger partial charge is 0.225 e. The monoisotopic (exact) mass is 276 g/mol. The largest absolute Gasteiger partial charge is 0.468 e. The molecule has 4 heteroatoms. The van der Waals surface area contributed by atoms with Gasteiger partial charge in [-0.2, -0.15) is 0 Å². The highest BCUT2D eigenvalue weighted by Crippen LogP contribution is 2.32. The van der Waals surface area contributed by atoms with Crippen molar-refractivity contribution in [1.82, 2.24) is 10.2 Å². The summed E-state index contributed by atoms with van der Waals surface area (Å²) in [6.45, 7) is 6.88. The summed E-state index contributed by atoms with van der Waals surface area (Å²) >= 11 is 0. The van der Waals surface area contributed by atoms with Gasteiger partial charge in [-0.3, -0.25) is 4.79 Å². The lowest BCUT2D eigenvalue weighted by atomic mass is 9.93. The molecular weight excluding hydrogens is 252 g/mol. The first-order valence-corrected chi connectivity index (χ1v) is 7.70. The number of hydrogen-bond acceptors (Lipinski definition) is 3. The molecule has 110 valence electrons. The molecule has 1 aliphatic carbocycles. The van der Waals surface area contributed by atoms with Crippen molar-refractivity contribution in [2.24, 2.45) is 11.8 Å². The number of likely N-dealkylation sites (tertiary alicyclic amines) is 1. The Kier molecular flexibility index (Phi) is 3.83. The number of carbonyl (C=O) groups is 1. The zero-order chi connectivity index (χ0) is 14.1. The fraction of sp³-hybridized carbons (Fsp3) is 0.688. The summed E-state index contributed by atoms with van der Waals surface area (Å²) in [5.41, 5.74) is 1.20. The number of carbonyl (C=O) groups excluding carboxylic acids is 1. The molecule has 4 nitrogen and oxygen atoms in total. The van der Waals surface area contributed by atoms with E-state index in [1.165, 1.54) is 5.56 Å². The van der Waals surface area contributed by atoms with E-state index in [2.05, 4.69) is 24.1 Å². The fourth-order valence-corrected chi connectivity index (χ4v) is 3.05. The van der Waals surface area contributed by atoms with E-state index in [-0.39, 0.29) is 0 Å². The fourth-order valence-electron chi connectivity index (χ4n) is 3.05. The maximum Gasteiger partial charge on any atom is 0.225 e. The molecule has 2 fully saturated rings. The van der Waals surface area contributed by atoms with E-state index in [1.807, 2.05) is 6.07 Å². The molecule has 0 unspecified atom stereocenters. The minimum Gasteiger partial charge on any atom is -0.468 e. The Morgan fingerprint density at radius 3 is 2.85 bits per heavy atom. The molecule has 2 aliphatic rings. The van der Waals surface area contributed by atoms with Crippen molar-refractivity contribution in [2.75, 3.05) is 13.1 Å². The molecule has 20 heavy (non-hydrogen) atoms. The highest BCUT2D eigenvalue weighted by Gasteiger charge is 2.36. The summed E-state index contributed by atoms with van der Waals surface area (Å²) < 4.78 is 5.46. The Hall–Kier alpha value is -1.29. The first-order chi connectivity index (χ1) is 9.65. The molecule has 1 saturated heterocycles. The van der Waals surface area contributed by atoms with Crippen LogP contribution in [0.2, 0.25) is 0 Å². The molecule has 2 heterocycles. The first-order valence-electron chi connectivity index (χ1n) is 7.70. The van der Waals surface area contributed by atoms with Gasteiger partial charge in [0.1, 0.15) is 5.76 Å². The van der Waals surface area contributed by atoms with Crippen LogP contribution < -0.4 is 5.32 Å². The molecule has 1 amide bonds. The summed E-state index contributed by atoms with van der Waals surface area (Å²) in [7, 11) is 0. The van der Waals surface area contributed by atoms with Crippen LogP contribution in [-0.4, -0.2) is 29.9 Å². The average molecular weight is 276 g/mol. The second-order valence-electron chi connectivity index (χ2n) is 6.34. The van der Waals surface area contributed by atoms with E-state index >= 15 is 0 Å². The predicted molar refractivity (Wildman–Crippen MR) is 77.2 cm³/mol. The van der Waals surface area contributed by atoms with Gasteiger partial charge in [-0.15, -0.1) is 0 Å². The van der Waals surface area contributed by atoms with Crippen molar-refractivity contribution < 1.29 is 9.21 Å². The molecule has 1 saturated carbocycles. The molecular formula is C16H24N2O2. The number of furan rings is 1. The SMILES string of the molecule is Cc1ccoc1CN[C@@H]1CCN(C(=O)C2CC2)C[C@@H]1C. The van der Waals surface area contributed by atoms with Gasteiger partial charge >= 0.3 is 0 Å². The summed E-state index contributed by atoms with van der Waals surface area (Å²) in [4.78, 5) is 14.2. The third kappa shape index (κ3) is 2.90. The highest BCUT2D eigenvalue weighted by atomic mass is 16.3. The van der Waals surface area contributed by atoms with E-state index in [9.17, 15) is 4.79 Å². The minimum absolute atomic E-state index is 0.345. The molecule has 1 aliphatic heterocycles. The van der Waals surface area contributed by atoms with Crippen molar-refractivity contribution in [1.29, 1.82) is 0 Å². The molecule has 2 atom stereocenters. The molecule has 0 radical (unpaired) electrons. The quantitative estimate of drug-likeness (QED) is 0.918. The normalized spacial score (nSPS) is 26.8. The van der Waals surface area contributed by atoms with Crippen LogP contribution in [-0.2, 0) is 11.3 Å². The molecule has 0 bridgehead atoms. The van der Waals surface area contributed by atoms with Crippen LogP contribution in [0.4, 0.5) is 0 Å². The Labute approximate surface area is 120 Å². The molecule has 0 aromatic carbocycles. The molecule has 1 N–H and O–H groups in total. The van der Waals surface area contributed by atoms with Gasteiger partial charge in [-0.05, 0) is 43.7 Å². The van der Waals surface area contributed by atoms with E-state index in [4.69, 9.17) is 4.42 Å². The molecule has 1 aromatic heterocycles. The zero-order valence-electron chi connectivity index (χ0n) is 12.4. The van der Waals surface area contributed by atoms with E-state index in [1.54, 1.807) is 6.26 Å². The van der Waals surface area contributed by atoms with Gasteiger partial charge in [0.2, 0.25) is 5.91 Å². The Bertz CT molecular complexity index is 479. The van der Waals surface area contributed by atoms with Gasteiger partial charge in [0.15, 0.2) is 0 Å². The number of piperidine rings is 1. The summed E-state index contributed by atoms with van der Waals surface area (Å²) in [5, 5.41) is 3.59. The maximum absolute atomic E-state index is 12.1. The maximum atomic E-state index is 12.1. The van der Waals surface area contributed by atoms with Gasteiger partial charge in [0.05, 0.1) is 12.8 Å². The average Bonchev–Trinajstić information content (AvgIpc) is 3.20. The van der Waals surface area contributed by atoms with Crippen LogP contribution in [0.15, 0.2) is 16.7 Å². The Balaban J connectivity index is 1.50. The van der Waals surface area contributed by atoms with Crippen molar-refractivity contribution in [3.8, 4) is 0 Å². The molecule has 1 aromatic rings. The first kappa shape index (κ1) is 13.7. The predicted octanol–water partition coefficient (Wildman–Crippen LogP) is 2.32. The van der Waals surface area contributed by atoms with Crippen LogP contribution in [0, 0.1) is 18.8 Å². The topological polar surface area (TPSA) is 45.5 Å². The number of hydrogen-bond donors (Lipinski definition) is 1. The third-order valence-electron chi connectivity index (χ3n) is 4.64. The van der Waals surface area contributed by atoms with Crippen LogP contribution in [0.5, 0.6) is 0 Å². The number of amides is 1. The van der Waals surface area contributed by atoms with Gasteiger partial charge in [-0.25, -0.2) is 0 Å². The standard InChI is InChI=1S/C16H24N2O2/c1-11-6-8-20-15(11)9-17-14-5-7-18(10-12(14)2)16(19)13-3-4-13/h6,8,12-14,17H,3-5,7,9-10H2,1-2H3/t12-,14+/m0/s1. The van der Waals surface area contributed by atoms with E-state index in [0.717, 1.165) is 44.7 Å². The summed E-state index contributed by atoms with van der Waals surface area (Å²) in [6.07, 6.45) is 4.98. The molecule has 0 spiro atoms. The second kappa shape index (κ2) is 5.60. The zero-order valence-corrected chi connectivity index (χ0v) is 12.4. The number of nitrogens with one attached hydrogen (secondary N) is 1. The number of aryl methyl sites for hydroxylation is 1. The van der Waals surface area contributed by atoms with Gasteiger partial charge < -0.3 is 14.6 Å². The van der Waals surface area contributed by atoms with Crippen LogP contribution >= 0.6 is 0 Å². The summed E-state index contributed by atoms with van der Waals surface area (Å²) in [5.74, 6) is 2.25.